The molecule has 0 spiro atoms. The normalized spacial score (nSPS) is 23.1. The van der Waals surface area contributed by atoms with Gasteiger partial charge >= 0.3 is 11.9 Å². The second-order valence-electron chi connectivity index (χ2n) is 4.42. The zero-order valence-electron chi connectivity index (χ0n) is 10.3. The Labute approximate surface area is 106 Å². The summed E-state index contributed by atoms with van der Waals surface area (Å²) >= 11 is 0. The first-order valence-corrected chi connectivity index (χ1v) is 6.12. The Kier molecular flexibility index (Phi) is 5.55. The highest BCUT2D eigenvalue weighted by molar-refractivity contribution is 5.92. The minimum atomic E-state index is -1.03. The Bertz CT molecular complexity index is 347. The van der Waals surface area contributed by atoms with E-state index < -0.39 is 18.0 Å². The lowest BCUT2D eigenvalue weighted by molar-refractivity contribution is -0.157. The van der Waals surface area contributed by atoms with E-state index in [9.17, 15) is 14.4 Å². The molecule has 0 amide bonds. The molecule has 0 aromatic rings. The van der Waals surface area contributed by atoms with Gasteiger partial charge in [0.15, 0.2) is 5.78 Å². The fourth-order valence-corrected chi connectivity index (χ4v) is 2.15. The van der Waals surface area contributed by atoms with Gasteiger partial charge in [-0.2, -0.15) is 0 Å². The topological polar surface area (TPSA) is 80.7 Å². The second-order valence-corrected chi connectivity index (χ2v) is 4.42. The van der Waals surface area contributed by atoms with Crippen molar-refractivity contribution in [1.29, 1.82) is 0 Å². The van der Waals surface area contributed by atoms with E-state index in [1.54, 1.807) is 0 Å². The van der Waals surface area contributed by atoms with Gasteiger partial charge in [-0.1, -0.05) is 13.0 Å². The Balaban J connectivity index is 2.51. The van der Waals surface area contributed by atoms with E-state index in [0.29, 0.717) is 12.8 Å². The summed E-state index contributed by atoms with van der Waals surface area (Å²) in [6, 6.07) is 0. The van der Waals surface area contributed by atoms with Gasteiger partial charge in [-0.15, -0.1) is 0 Å². The van der Waals surface area contributed by atoms with Crippen molar-refractivity contribution >= 4 is 17.7 Å². The number of allylic oxidation sites excluding steroid dienone is 1. The molecule has 1 aliphatic carbocycles. The predicted molar refractivity (Wildman–Crippen MR) is 63.9 cm³/mol. The summed E-state index contributed by atoms with van der Waals surface area (Å²) in [4.78, 5) is 33.4. The molecule has 0 saturated heterocycles. The molecule has 0 bridgehead atoms. The monoisotopic (exact) mass is 254 g/mol. The molecule has 1 saturated carbocycles. The molecule has 2 atom stereocenters. The molecule has 0 aromatic carbocycles. The number of carboxylic acids is 1. The maximum Gasteiger partial charge on any atom is 0.306 e. The van der Waals surface area contributed by atoms with Crippen molar-refractivity contribution in [3.05, 3.63) is 12.7 Å². The van der Waals surface area contributed by atoms with Crippen LogP contribution in [0.2, 0.25) is 0 Å². The third-order valence-corrected chi connectivity index (χ3v) is 3.10. The molecule has 100 valence electrons. The van der Waals surface area contributed by atoms with Gasteiger partial charge in [-0.3, -0.25) is 14.4 Å². The number of aliphatic carboxylic acids is 1. The quantitative estimate of drug-likeness (QED) is 0.576. The Morgan fingerprint density at radius 3 is 2.50 bits per heavy atom. The van der Waals surface area contributed by atoms with Gasteiger partial charge in [-0.25, -0.2) is 0 Å². The number of carbonyl (C=O) groups excluding carboxylic acids is 2. The van der Waals surface area contributed by atoms with Crippen LogP contribution in [0.5, 0.6) is 0 Å². The zero-order valence-corrected chi connectivity index (χ0v) is 10.3. The van der Waals surface area contributed by atoms with Crippen molar-refractivity contribution in [2.45, 2.75) is 44.6 Å². The van der Waals surface area contributed by atoms with E-state index >= 15 is 0 Å². The predicted octanol–water partition coefficient (Wildman–Crippen LogP) is 1.71. The van der Waals surface area contributed by atoms with Gasteiger partial charge in [0.1, 0.15) is 6.10 Å². The summed E-state index contributed by atoms with van der Waals surface area (Å²) in [7, 11) is 0. The van der Waals surface area contributed by atoms with E-state index in [4.69, 9.17) is 9.84 Å². The summed E-state index contributed by atoms with van der Waals surface area (Å²) < 4.78 is 5.21. The Morgan fingerprint density at radius 2 is 1.89 bits per heavy atom. The number of esters is 1. The second kappa shape index (κ2) is 6.93. The first kappa shape index (κ1) is 14.4. The number of ether oxygens (including phenoxy) is 1. The number of rotatable bonds is 6. The van der Waals surface area contributed by atoms with Crippen LogP contribution in [0, 0.1) is 5.92 Å². The van der Waals surface area contributed by atoms with Gasteiger partial charge in [0.05, 0.1) is 18.8 Å². The van der Waals surface area contributed by atoms with Crippen LogP contribution in [0.3, 0.4) is 0 Å². The third-order valence-electron chi connectivity index (χ3n) is 3.10. The molecule has 5 nitrogen and oxygen atoms in total. The van der Waals surface area contributed by atoms with Gasteiger partial charge in [0.2, 0.25) is 0 Å². The van der Waals surface area contributed by atoms with Crippen molar-refractivity contribution in [2.75, 3.05) is 0 Å². The SMILES string of the molecule is C=CC(=O)C1CCCCC1OC(=O)CCC(=O)O. The first-order valence-electron chi connectivity index (χ1n) is 6.12. The number of hydrogen-bond donors (Lipinski definition) is 1. The van der Waals surface area contributed by atoms with E-state index in [1.807, 2.05) is 0 Å². The molecule has 0 radical (unpaired) electrons. The Morgan fingerprint density at radius 1 is 1.22 bits per heavy atom. The van der Waals surface area contributed by atoms with E-state index in [1.165, 1.54) is 6.08 Å². The molecule has 1 rings (SSSR count). The molecule has 0 aromatic heterocycles. The summed E-state index contributed by atoms with van der Waals surface area (Å²) in [5, 5.41) is 8.47. The lowest BCUT2D eigenvalue weighted by atomic mass is 9.83. The average molecular weight is 254 g/mol. The standard InChI is InChI=1S/C13H18O5/c1-2-10(14)9-5-3-4-6-11(9)18-13(17)8-7-12(15)16/h2,9,11H,1,3-8H2,(H,15,16). The minimum Gasteiger partial charge on any atom is -0.481 e. The zero-order chi connectivity index (χ0) is 13.5. The number of ketones is 1. The molecular formula is C13H18O5. The van der Waals surface area contributed by atoms with Crippen molar-refractivity contribution in [1.82, 2.24) is 0 Å². The van der Waals surface area contributed by atoms with Crippen LogP contribution in [0.15, 0.2) is 12.7 Å². The van der Waals surface area contributed by atoms with E-state index in [0.717, 1.165) is 12.8 Å². The molecule has 0 heterocycles. The summed E-state index contributed by atoms with van der Waals surface area (Å²) in [5.41, 5.74) is 0. The minimum absolute atomic E-state index is 0.106. The number of carboxylic acid groups (broad SMARTS) is 1. The molecular weight excluding hydrogens is 236 g/mol. The van der Waals surface area contributed by atoms with Gasteiger partial charge in [-0.05, 0) is 25.3 Å². The van der Waals surface area contributed by atoms with Gasteiger partial charge < -0.3 is 9.84 Å². The van der Waals surface area contributed by atoms with E-state index in [2.05, 4.69) is 6.58 Å². The highest BCUT2D eigenvalue weighted by atomic mass is 16.5. The van der Waals surface area contributed by atoms with Gasteiger partial charge in [0, 0.05) is 0 Å². The lowest BCUT2D eigenvalue weighted by Gasteiger charge is -2.29. The maximum atomic E-state index is 11.6. The summed E-state index contributed by atoms with van der Waals surface area (Å²) in [6.07, 6.45) is 3.64. The van der Waals surface area contributed by atoms with Crippen LogP contribution in [0.4, 0.5) is 0 Å². The number of carbonyl (C=O) groups is 3. The van der Waals surface area contributed by atoms with Crippen LogP contribution < -0.4 is 0 Å². The third kappa shape index (κ3) is 4.31. The van der Waals surface area contributed by atoms with Gasteiger partial charge in [0.25, 0.3) is 0 Å². The Hall–Kier alpha value is -1.65. The molecule has 1 aliphatic rings. The van der Waals surface area contributed by atoms with Crippen LogP contribution in [-0.4, -0.2) is 28.9 Å². The molecule has 1 N–H and O–H groups in total. The smallest absolute Gasteiger partial charge is 0.306 e. The average Bonchev–Trinajstić information content (AvgIpc) is 2.36. The molecule has 0 aliphatic heterocycles. The summed E-state index contributed by atoms with van der Waals surface area (Å²) in [5.74, 6) is -2.00. The highest BCUT2D eigenvalue weighted by Gasteiger charge is 2.32. The van der Waals surface area contributed by atoms with Crippen LogP contribution in [-0.2, 0) is 19.1 Å². The van der Waals surface area contributed by atoms with Crippen LogP contribution in [0.1, 0.15) is 38.5 Å². The lowest BCUT2D eigenvalue weighted by Crippen LogP contribution is -2.34. The van der Waals surface area contributed by atoms with Crippen molar-refractivity contribution in [3.8, 4) is 0 Å². The molecule has 18 heavy (non-hydrogen) atoms. The molecule has 1 fully saturated rings. The van der Waals surface area contributed by atoms with E-state index in [-0.39, 0.29) is 24.5 Å². The fourth-order valence-electron chi connectivity index (χ4n) is 2.15. The highest BCUT2D eigenvalue weighted by Crippen LogP contribution is 2.28. The number of hydrogen-bond acceptors (Lipinski definition) is 4. The van der Waals surface area contributed by atoms with Crippen molar-refractivity contribution in [3.63, 3.8) is 0 Å². The maximum absolute atomic E-state index is 11.6. The molecule has 5 heteroatoms. The largest absolute Gasteiger partial charge is 0.481 e. The van der Waals surface area contributed by atoms with Crippen LogP contribution in [0.25, 0.3) is 0 Å². The first-order chi connectivity index (χ1) is 8.54. The van der Waals surface area contributed by atoms with Crippen molar-refractivity contribution in [2.24, 2.45) is 5.92 Å². The summed E-state index contributed by atoms with van der Waals surface area (Å²) in [6.45, 7) is 3.44. The molecule has 2 unspecified atom stereocenters. The fraction of sp³-hybridized carbons (Fsp3) is 0.615. The van der Waals surface area contributed by atoms with Crippen molar-refractivity contribution < 1.29 is 24.2 Å². The van der Waals surface area contributed by atoms with Crippen LogP contribution >= 0.6 is 0 Å².